The normalized spacial score (nSPS) is 13.7. The minimum atomic E-state index is -4.03. The van der Waals surface area contributed by atoms with Crippen LogP contribution < -0.4 is 14.8 Å². The van der Waals surface area contributed by atoms with Crippen LogP contribution in [0.2, 0.25) is 0 Å². The SMILES string of the molecule is COc1ccc(/C=C/C(=O)O)cc1S(=O)(=O)Nc1ccc2c(c1)NC(=O)CS2. The topological polar surface area (TPSA) is 122 Å². The minimum absolute atomic E-state index is 0.113. The Balaban J connectivity index is 1.94. The standard InChI is InChI=1S/C18H16N2O6S2/c1-26-14-5-2-11(3-7-18(22)23)8-16(14)28(24,25)20-12-4-6-15-13(9-12)19-17(21)10-27-15/h2-9,20H,10H2,1H3,(H,19,21)(H,22,23)/b7-3+. The van der Waals surface area contributed by atoms with Crippen molar-refractivity contribution in [3.63, 3.8) is 0 Å². The zero-order valence-electron chi connectivity index (χ0n) is 14.6. The van der Waals surface area contributed by atoms with Crippen molar-refractivity contribution in [2.45, 2.75) is 9.79 Å². The predicted octanol–water partition coefficient (Wildman–Crippen LogP) is 2.64. The zero-order chi connectivity index (χ0) is 20.3. The fourth-order valence-electron chi connectivity index (χ4n) is 2.53. The maximum Gasteiger partial charge on any atom is 0.328 e. The van der Waals surface area contributed by atoms with Gasteiger partial charge in [-0.3, -0.25) is 9.52 Å². The summed E-state index contributed by atoms with van der Waals surface area (Å²) in [5, 5.41) is 11.4. The lowest BCUT2D eigenvalue weighted by Gasteiger charge is -2.18. The number of anilines is 2. The molecule has 2 aromatic rings. The molecule has 0 radical (unpaired) electrons. The number of aliphatic carboxylic acids is 1. The lowest BCUT2D eigenvalue weighted by atomic mass is 10.2. The van der Waals surface area contributed by atoms with Crippen molar-refractivity contribution in [3.05, 3.63) is 48.0 Å². The van der Waals surface area contributed by atoms with Crippen LogP contribution >= 0.6 is 11.8 Å². The second-order valence-electron chi connectivity index (χ2n) is 5.74. The van der Waals surface area contributed by atoms with Gasteiger partial charge in [-0.1, -0.05) is 6.07 Å². The summed E-state index contributed by atoms with van der Waals surface area (Å²) in [5.41, 5.74) is 1.19. The molecule has 0 aliphatic carbocycles. The molecule has 0 atom stereocenters. The minimum Gasteiger partial charge on any atom is -0.495 e. The van der Waals surface area contributed by atoms with Crippen LogP contribution in [0.25, 0.3) is 6.08 Å². The van der Waals surface area contributed by atoms with Crippen molar-refractivity contribution < 1.29 is 27.9 Å². The molecule has 3 N–H and O–H groups in total. The quantitative estimate of drug-likeness (QED) is 0.614. The maximum absolute atomic E-state index is 12.9. The molecule has 0 saturated heterocycles. The van der Waals surface area contributed by atoms with Gasteiger partial charge in [0.2, 0.25) is 5.91 Å². The number of carboxylic acids is 1. The molecule has 1 aliphatic rings. The molecule has 10 heteroatoms. The molecule has 0 aromatic heterocycles. The van der Waals surface area contributed by atoms with Crippen molar-refractivity contribution in [3.8, 4) is 5.75 Å². The molecule has 2 aromatic carbocycles. The second-order valence-corrected chi connectivity index (χ2v) is 8.40. The van der Waals surface area contributed by atoms with E-state index in [2.05, 4.69) is 10.0 Å². The Bertz CT molecular complexity index is 1080. The van der Waals surface area contributed by atoms with Crippen LogP contribution in [0.5, 0.6) is 5.75 Å². The van der Waals surface area contributed by atoms with Crippen LogP contribution in [0.1, 0.15) is 5.56 Å². The Morgan fingerprint density at radius 3 is 2.79 bits per heavy atom. The number of carbonyl (C=O) groups is 2. The van der Waals surface area contributed by atoms with Crippen molar-refractivity contribution in [1.82, 2.24) is 0 Å². The van der Waals surface area contributed by atoms with E-state index in [1.54, 1.807) is 18.2 Å². The number of hydrogen-bond acceptors (Lipinski definition) is 6. The number of carbonyl (C=O) groups excluding carboxylic acids is 1. The molecule has 1 aliphatic heterocycles. The number of carboxylic acid groups (broad SMARTS) is 1. The van der Waals surface area contributed by atoms with Gasteiger partial charge in [-0.15, -0.1) is 11.8 Å². The highest BCUT2D eigenvalue weighted by Crippen LogP contribution is 2.34. The molecular weight excluding hydrogens is 404 g/mol. The van der Waals surface area contributed by atoms with E-state index >= 15 is 0 Å². The number of ether oxygens (including phenoxy) is 1. The van der Waals surface area contributed by atoms with Crippen LogP contribution in [0, 0.1) is 0 Å². The van der Waals surface area contributed by atoms with E-state index in [9.17, 15) is 18.0 Å². The van der Waals surface area contributed by atoms with Gasteiger partial charge < -0.3 is 15.2 Å². The smallest absolute Gasteiger partial charge is 0.328 e. The zero-order valence-corrected chi connectivity index (χ0v) is 16.3. The van der Waals surface area contributed by atoms with E-state index in [-0.39, 0.29) is 22.2 Å². The summed E-state index contributed by atoms with van der Waals surface area (Å²) in [7, 11) is -2.69. The Morgan fingerprint density at radius 2 is 2.07 bits per heavy atom. The molecule has 0 bridgehead atoms. The summed E-state index contributed by atoms with van der Waals surface area (Å²) >= 11 is 1.37. The Morgan fingerprint density at radius 1 is 1.29 bits per heavy atom. The maximum atomic E-state index is 12.9. The lowest BCUT2D eigenvalue weighted by molar-refractivity contribution is -0.131. The number of thioether (sulfide) groups is 1. The highest BCUT2D eigenvalue weighted by atomic mass is 32.2. The first-order chi connectivity index (χ1) is 13.3. The molecule has 146 valence electrons. The Kier molecular flexibility index (Phi) is 5.61. The van der Waals surface area contributed by atoms with Crippen LogP contribution in [-0.4, -0.2) is 38.3 Å². The number of methoxy groups -OCH3 is 1. The van der Waals surface area contributed by atoms with Gasteiger partial charge in [0.1, 0.15) is 10.6 Å². The molecule has 0 spiro atoms. The summed E-state index contributed by atoms with van der Waals surface area (Å²) in [6, 6.07) is 9.17. The van der Waals surface area contributed by atoms with Gasteiger partial charge in [-0.05, 0) is 42.0 Å². The number of nitrogens with one attached hydrogen (secondary N) is 2. The number of benzene rings is 2. The monoisotopic (exact) mass is 420 g/mol. The van der Waals surface area contributed by atoms with Gasteiger partial charge >= 0.3 is 5.97 Å². The third kappa shape index (κ3) is 4.46. The number of hydrogen-bond donors (Lipinski definition) is 3. The molecule has 28 heavy (non-hydrogen) atoms. The molecular formula is C18H16N2O6S2. The Labute approximate surface area is 165 Å². The van der Waals surface area contributed by atoms with E-state index < -0.39 is 16.0 Å². The van der Waals surface area contributed by atoms with Crippen LogP contribution in [-0.2, 0) is 19.6 Å². The number of fused-ring (bicyclic) bond motifs is 1. The van der Waals surface area contributed by atoms with Gasteiger partial charge in [0.15, 0.2) is 0 Å². The molecule has 8 nitrogen and oxygen atoms in total. The molecule has 1 heterocycles. The fraction of sp³-hybridized carbons (Fsp3) is 0.111. The Hall–Kier alpha value is -2.98. The average Bonchev–Trinajstić information content (AvgIpc) is 2.65. The molecule has 3 rings (SSSR count). The van der Waals surface area contributed by atoms with E-state index in [4.69, 9.17) is 9.84 Å². The first-order valence-electron chi connectivity index (χ1n) is 7.97. The van der Waals surface area contributed by atoms with Crippen LogP contribution in [0.15, 0.2) is 52.3 Å². The van der Waals surface area contributed by atoms with Gasteiger partial charge in [-0.2, -0.15) is 0 Å². The van der Waals surface area contributed by atoms with E-state index in [1.807, 2.05) is 0 Å². The third-order valence-corrected chi connectivity index (χ3v) is 6.24. The van der Waals surface area contributed by atoms with E-state index in [0.29, 0.717) is 17.0 Å². The van der Waals surface area contributed by atoms with Crippen molar-refractivity contribution >= 4 is 51.1 Å². The van der Waals surface area contributed by atoms with Crippen molar-refractivity contribution in [2.24, 2.45) is 0 Å². The summed E-state index contributed by atoms with van der Waals surface area (Å²) in [4.78, 5) is 22.9. The fourth-order valence-corrected chi connectivity index (χ4v) is 4.57. The predicted molar refractivity (Wildman–Crippen MR) is 106 cm³/mol. The summed E-state index contributed by atoms with van der Waals surface area (Å²) in [6.07, 6.45) is 2.20. The highest BCUT2D eigenvalue weighted by Gasteiger charge is 2.22. The van der Waals surface area contributed by atoms with Gasteiger partial charge in [0.25, 0.3) is 10.0 Å². The van der Waals surface area contributed by atoms with Gasteiger partial charge in [-0.25, -0.2) is 13.2 Å². The lowest BCUT2D eigenvalue weighted by Crippen LogP contribution is -2.19. The number of sulfonamides is 1. The average molecular weight is 420 g/mol. The largest absolute Gasteiger partial charge is 0.495 e. The molecule has 0 unspecified atom stereocenters. The summed E-state index contributed by atoms with van der Waals surface area (Å²) in [6.45, 7) is 0. The molecule has 1 amide bonds. The first-order valence-corrected chi connectivity index (χ1v) is 10.4. The van der Waals surface area contributed by atoms with E-state index in [0.717, 1.165) is 11.0 Å². The summed E-state index contributed by atoms with van der Waals surface area (Å²) < 4.78 is 33.4. The van der Waals surface area contributed by atoms with Crippen molar-refractivity contribution in [1.29, 1.82) is 0 Å². The van der Waals surface area contributed by atoms with Gasteiger partial charge in [0.05, 0.1) is 24.2 Å². The van der Waals surface area contributed by atoms with Gasteiger partial charge in [0, 0.05) is 11.0 Å². The molecule has 0 saturated carbocycles. The van der Waals surface area contributed by atoms with Crippen molar-refractivity contribution in [2.75, 3.05) is 22.9 Å². The third-order valence-electron chi connectivity index (χ3n) is 3.76. The van der Waals surface area contributed by atoms with E-state index in [1.165, 1.54) is 43.1 Å². The molecule has 0 fully saturated rings. The number of amides is 1. The summed E-state index contributed by atoms with van der Waals surface area (Å²) in [5.74, 6) is -0.877. The highest BCUT2D eigenvalue weighted by molar-refractivity contribution is 8.00. The van der Waals surface area contributed by atoms with Crippen LogP contribution in [0.3, 0.4) is 0 Å². The number of rotatable bonds is 6. The second kappa shape index (κ2) is 7.95. The first kappa shape index (κ1) is 19.8. The van der Waals surface area contributed by atoms with Crippen LogP contribution in [0.4, 0.5) is 11.4 Å².